The normalized spacial score (nSPS) is 15.2. The van der Waals surface area contributed by atoms with Crippen LogP contribution in [0.15, 0.2) is 77.1 Å². The van der Waals surface area contributed by atoms with Crippen LogP contribution in [0.5, 0.6) is 11.5 Å². The van der Waals surface area contributed by atoms with Crippen molar-refractivity contribution in [2.75, 3.05) is 6.61 Å². The van der Waals surface area contributed by atoms with E-state index in [2.05, 4.69) is 16.9 Å². The maximum Gasteiger partial charge on any atom is 0.264 e. The van der Waals surface area contributed by atoms with Crippen molar-refractivity contribution >= 4 is 57.8 Å². The Kier molecular flexibility index (Phi) is 8.92. The van der Waals surface area contributed by atoms with Gasteiger partial charge in [-0.1, -0.05) is 47.5 Å². The number of halogens is 3. The molecule has 4 rings (SSSR count). The van der Waals surface area contributed by atoms with Gasteiger partial charge in [-0.3, -0.25) is 4.79 Å². The molecular weight excluding hydrogens is 534 g/mol. The SMILES string of the molecule is C=CCc1cc(/C=C2/SC(=Nc3cccc(Cl)c3Cl)NC2=O)cc(OCC)c1OCc1ccc(F)cc1. The third kappa shape index (κ3) is 6.74. The van der Waals surface area contributed by atoms with Gasteiger partial charge in [0, 0.05) is 5.56 Å². The minimum atomic E-state index is -0.304. The highest BCUT2D eigenvalue weighted by Gasteiger charge is 2.25. The molecule has 9 heteroatoms. The summed E-state index contributed by atoms with van der Waals surface area (Å²) in [5, 5.41) is 3.86. The molecule has 0 bridgehead atoms. The number of aliphatic imine (C=N–C) groups is 1. The Morgan fingerprint density at radius 1 is 1.14 bits per heavy atom. The summed E-state index contributed by atoms with van der Waals surface area (Å²) < 4.78 is 25.2. The molecule has 1 heterocycles. The van der Waals surface area contributed by atoms with E-state index in [1.165, 1.54) is 23.9 Å². The molecular formula is C28H23Cl2FN2O3S. The molecule has 0 unspecified atom stereocenters. The molecule has 3 aromatic carbocycles. The zero-order chi connectivity index (χ0) is 26.4. The Balaban J connectivity index is 1.63. The molecule has 1 saturated heterocycles. The molecule has 1 aliphatic rings. The predicted molar refractivity (Wildman–Crippen MR) is 150 cm³/mol. The minimum Gasteiger partial charge on any atom is -0.490 e. The number of amides is 1. The van der Waals surface area contributed by atoms with Crippen molar-refractivity contribution in [3.05, 3.63) is 105 Å². The number of amidine groups is 1. The minimum absolute atomic E-state index is 0.245. The number of benzene rings is 3. The number of nitrogens with zero attached hydrogens (tertiary/aromatic N) is 1. The van der Waals surface area contributed by atoms with Crippen LogP contribution in [0.2, 0.25) is 10.0 Å². The van der Waals surface area contributed by atoms with Crippen molar-refractivity contribution in [1.29, 1.82) is 0 Å². The Bertz CT molecular complexity index is 1390. The summed E-state index contributed by atoms with van der Waals surface area (Å²) in [6.45, 7) is 6.40. The molecule has 0 radical (unpaired) electrons. The van der Waals surface area contributed by atoms with Gasteiger partial charge >= 0.3 is 0 Å². The molecule has 1 N–H and O–H groups in total. The molecule has 1 amide bonds. The standard InChI is InChI=1S/C28H23Cl2FN2O3S/c1-3-6-19-13-18(14-23(35-4-2)26(19)36-16-17-9-11-20(31)12-10-17)15-24-27(34)33-28(37-24)32-22-8-5-7-21(29)25(22)30/h3,5,7-15H,1,4,6,16H2,2H3,(H,32,33,34)/b24-15+. The van der Waals surface area contributed by atoms with E-state index in [0.29, 0.717) is 50.3 Å². The van der Waals surface area contributed by atoms with Crippen LogP contribution in [-0.4, -0.2) is 17.7 Å². The number of ether oxygens (including phenoxy) is 2. The summed E-state index contributed by atoms with van der Waals surface area (Å²) in [5.41, 5.74) is 2.89. The van der Waals surface area contributed by atoms with Crippen molar-refractivity contribution in [3.63, 3.8) is 0 Å². The number of hydrogen-bond donors (Lipinski definition) is 1. The quantitative estimate of drug-likeness (QED) is 0.216. The summed E-state index contributed by atoms with van der Waals surface area (Å²) in [6.07, 6.45) is 4.05. The van der Waals surface area contributed by atoms with E-state index in [-0.39, 0.29) is 18.3 Å². The largest absolute Gasteiger partial charge is 0.490 e. The number of carbonyl (C=O) groups excluding carboxylic acids is 1. The zero-order valence-corrected chi connectivity index (χ0v) is 22.2. The second kappa shape index (κ2) is 12.3. The lowest BCUT2D eigenvalue weighted by molar-refractivity contribution is -0.115. The molecule has 0 aromatic heterocycles. The van der Waals surface area contributed by atoms with Crippen LogP contribution in [0.3, 0.4) is 0 Å². The first-order valence-electron chi connectivity index (χ1n) is 11.4. The Labute approximate surface area is 229 Å². The van der Waals surface area contributed by atoms with E-state index >= 15 is 0 Å². The van der Waals surface area contributed by atoms with Crippen molar-refractivity contribution < 1.29 is 18.7 Å². The number of rotatable bonds is 9. The lowest BCUT2D eigenvalue weighted by Crippen LogP contribution is -2.19. The fraction of sp³-hybridized carbons (Fsp3) is 0.143. The van der Waals surface area contributed by atoms with Crippen LogP contribution in [0.1, 0.15) is 23.6 Å². The smallest absolute Gasteiger partial charge is 0.264 e. The molecule has 0 aliphatic carbocycles. The fourth-order valence-corrected chi connectivity index (χ4v) is 4.73. The summed E-state index contributed by atoms with van der Waals surface area (Å²) >= 11 is 13.5. The highest BCUT2D eigenvalue weighted by Crippen LogP contribution is 2.38. The van der Waals surface area contributed by atoms with Gasteiger partial charge in [0.1, 0.15) is 12.4 Å². The maximum absolute atomic E-state index is 13.3. The molecule has 3 aromatic rings. The van der Waals surface area contributed by atoms with Gasteiger partial charge in [0.25, 0.3) is 5.91 Å². The van der Waals surface area contributed by atoms with E-state index in [9.17, 15) is 9.18 Å². The zero-order valence-electron chi connectivity index (χ0n) is 19.9. The van der Waals surface area contributed by atoms with Gasteiger partial charge in [0.05, 0.1) is 27.2 Å². The lowest BCUT2D eigenvalue weighted by atomic mass is 10.0. The first-order chi connectivity index (χ1) is 17.9. The van der Waals surface area contributed by atoms with Gasteiger partial charge in [-0.2, -0.15) is 0 Å². The number of carbonyl (C=O) groups is 1. The number of nitrogens with one attached hydrogen (secondary N) is 1. The second-order valence-corrected chi connectivity index (χ2v) is 9.72. The van der Waals surface area contributed by atoms with Crippen molar-refractivity contribution in [2.45, 2.75) is 20.0 Å². The van der Waals surface area contributed by atoms with E-state index in [1.807, 2.05) is 19.1 Å². The van der Waals surface area contributed by atoms with Gasteiger partial charge in [-0.05, 0) is 78.7 Å². The molecule has 190 valence electrons. The highest BCUT2D eigenvalue weighted by atomic mass is 35.5. The van der Waals surface area contributed by atoms with Gasteiger partial charge in [-0.25, -0.2) is 9.38 Å². The van der Waals surface area contributed by atoms with Gasteiger partial charge in [0.15, 0.2) is 16.7 Å². The lowest BCUT2D eigenvalue weighted by Gasteiger charge is -2.17. The van der Waals surface area contributed by atoms with Crippen LogP contribution in [0, 0.1) is 5.82 Å². The maximum atomic E-state index is 13.3. The first kappa shape index (κ1) is 26.8. The average molecular weight is 557 g/mol. The third-order valence-corrected chi connectivity index (χ3v) is 6.94. The topological polar surface area (TPSA) is 59.9 Å². The fourth-order valence-electron chi connectivity index (χ4n) is 3.56. The summed E-state index contributed by atoms with van der Waals surface area (Å²) in [5.74, 6) is 0.538. The Morgan fingerprint density at radius 3 is 2.65 bits per heavy atom. The van der Waals surface area contributed by atoms with Crippen molar-refractivity contribution in [1.82, 2.24) is 5.32 Å². The average Bonchev–Trinajstić information content (AvgIpc) is 3.21. The molecule has 5 nitrogen and oxygen atoms in total. The molecule has 1 fully saturated rings. The molecule has 0 atom stereocenters. The Hall–Kier alpha value is -3.26. The molecule has 0 saturated carbocycles. The second-order valence-electron chi connectivity index (χ2n) is 7.90. The summed E-state index contributed by atoms with van der Waals surface area (Å²) in [4.78, 5) is 17.6. The van der Waals surface area contributed by atoms with Crippen LogP contribution in [0.4, 0.5) is 10.1 Å². The van der Waals surface area contributed by atoms with Crippen LogP contribution in [-0.2, 0) is 17.8 Å². The van der Waals surface area contributed by atoms with E-state index in [1.54, 1.807) is 42.5 Å². The van der Waals surface area contributed by atoms with Crippen LogP contribution >= 0.6 is 35.0 Å². The van der Waals surface area contributed by atoms with Crippen molar-refractivity contribution in [2.24, 2.45) is 4.99 Å². The van der Waals surface area contributed by atoms with E-state index < -0.39 is 0 Å². The van der Waals surface area contributed by atoms with Gasteiger partial charge < -0.3 is 14.8 Å². The van der Waals surface area contributed by atoms with Crippen molar-refractivity contribution in [3.8, 4) is 11.5 Å². The van der Waals surface area contributed by atoms with E-state index in [4.69, 9.17) is 32.7 Å². The monoisotopic (exact) mass is 556 g/mol. The number of thioether (sulfide) groups is 1. The first-order valence-corrected chi connectivity index (χ1v) is 13.0. The Morgan fingerprint density at radius 2 is 1.92 bits per heavy atom. The summed E-state index contributed by atoms with van der Waals surface area (Å²) in [7, 11) is 0. The number of hydrogen-bond acceptors (Lipinski definition) is 5. The van der Waals surface area contributed by atoms with E-state index in [0.717, 1.165) is 16.7 Å². The molecule has 1 aliphatic heterocycles. The number of allylic oxidation sites excluding steroid dienone is 1. The summed E-state index contributed by atoms with van der Waals surface area (Å²) in [6, 6.07) is 15.0. The molecule has 0 spiro atoms. The van der Waals surface area contributed by atoms with Crippen LogP contribution < -0.4 is 14.8 Å². The molecule has 37 heavy (non-hydrogen) atoms. The van der Waals surface area contributed by atoms with Gasteiger partial charge in [0.2, 0.25) is 0 Å². The highest BCUT2D eigenvalue weighted by molar-refractivity contribution is 8.18. The van der Waals surface area contributed by atoms with Crippen LogP contribution in [0.25, 0.3) is 6.08 Å². The predicted octanol–water partition coefficient (Wildman–Crippen LogP) is 7.73. The van der Waals surface area contributed by atoms with Gasteiger partial charge in [-0.15, -0.1) is 6.58 Å². The third-order valence-electron chi connectivity index (χ3n) is 5.22.